The van der Waals surface area contributed by atoms with Crippen LogP contribution in [0, 0.1) is 5.41 Å². The van der Waals surface area contributed by atoms with Crippen molar-refractivity contribution in [2.45, 2.75) is 64.1 Å². The number of amides is 2. The second-order valence-corrected chi connectivity index (χ2v) is 11.2. The molecule has 2 aliphatic rings. The van der Waals surface area contributed by atoms with Gasteiger partial charge in [0, 0.05) is 13.5 Å². The lowest BCUT2D eigenvalue weighted by Gasteiger charge is -2.35. The van der Waals surface area contributed by atoms with Gasteiger partial charge in [-0.1, -0.05) is 63.2 Å². The van der Waals surface area contributed by atoms with Gasteiger partial charge in [-0.15, -0.1) is 0 Å². The lowest BCUT2D eigenvalue weighted by atomic mass is 9.85. The molecule has 0 radical (unpaired) electrons. The highest BCUT2D eigenvalue weighted by atomic mass is 16.5. The quantitative estimate of drug-likeness (QED) is 0.586. The third-order valence-electron chi connectivity index (χ3n) is 7.59. The minimum Gasteiger partial charge on any atom is -0.467 e. The number of methoxy groups -OCH3 is 2. The lowest BCUT2D eigenvalue weighted by Crippen LogP contribution is -2.57. The molecule has 1 N–H and O–H groups in total. The summed E-state index contributed by atoms with van der Waals surface area (Å²) in [6.45, 7) is 5.98. The average molecular weight is 523 g/mol. The zero-order chi connectivity index (χ0) is 27.5. The number of ether oxygens (including phenoxy) is 3. The predicted octanol–water partition coefficient (Wildman–Crippen LogP) is 4.45. The number of fused-ring (bicyclic) bond motifs is 8. The SMILES string of the molecule is COC(=O)[C@@H]1C[C@]2(OC)CN1C(=O)[C@H](C(C)(C)C)NC(=O)OCCCCc1cccc(c1)-c1cccc2c1. The van der Waals surface area contributed by atoms with Crippen LogP contribution in [0.3, 0.4) is 0 Å². The van der Waals surface area contributed by atoms with Crippen LogP contribution in [-0.2, 0) is 35.8 Å². The summed E-state index contributed by atoms with van der Waals surface area (Å²) in [5.74, 6) is -0.906. The molecule has 38 heavy (non-hydrogen) atoms. The normalized spacial score (nSPS) is 24.6. The molecule has 8 nitrogen and oxygen atoms in total. The third-order valence-corrected chi connectivity index (χ3v) is 7.59. The van der Waals surface area contributed by atoms with Gasteiger partial charge in [-0.3, -0.25) is 4.79 Å². The van der Waals surface area contributed by atoms with Gasteiger partial charge >= 0.3 is 12.1 Å². The zero-order valence-corrected chi connectivity index (χ0v) is 22.9. The number of nitrogens with zero attached hydrogens (tertiary/aromatic N) is 1. The van der Waals surface area contributed by atoms with Crippen molar-refractivity contribution in [2.75, 3.05) is 27.4 Å². The molecule has 8 heteroatoms. The first-order valence-corrected chi connectivity index (χ1v) is 13.1. The van der Waals surface area contributed by atoms with Crippen molar-refractivity contribution in [3.8, 4) is 11.1 Å². The van der Waals surface area contributed by atoms with E-state index in [1.54, 1.807) is 7.11 Å². The highest BCUT2D eigenvalue weighted by molar-refractivity contribution is 5.91. The molecule has 2 aromatic carbocycles. The standard InChI is InChI=1S/C30H38N2O6/c1-29(2,3)25-26(33)32-19-30(37-5,18-24(32)27(34)36-4)23-14-9-13-22(17-23)21-12-8-11-20(16-21)10-6-7-15-38-28(35)31-25/h8-9,11-14,16-17,24-25H,6-7,10,15,18-19H2,1-5H3,(H,31,35)/t24-,25+,30-/m0/s1. The van der Waals surface area contributed by atoms with Gasteiger partial charge < -0.3 is 24.4 Å². The van der Waals surface area contributed by atoms with Crippen molar-refractivity contribution >= 4 is 18.0 Å². The number of benzene rings is 2. The van der Waals surface area contributed by atoms with Gasteiger partial charge in [0.15, 0.2) is 0 Å². The number of aryl methyl sites for hydroxylation is 1. The Balaban J connectivity index is 1.82. The number of alkyl carbamates (subject to hydrolysis) is 1. The number of hydrogen-bond donors (Lipinski definition) is 1. The van der Waals surface area contributed by atoms with Crippen LogP contribution >= 0.6 is 0 Å². The Hall–Kier alpha value is -3.39. The van der Waals surface area contributed by atoms with Gasteiger partial charge in [-0.05, 0) is 53.0 Å². The fourth-order valence-electron chi connectivity index (χ4n) is 5.38. The fourth-order valence-corrected chi connectivity index (χ4v) is 5.38. The number of esters is 1. The van der Waals surface area contributed by atoms with Gasteiger partial charge in [0.25, 0.3) is 0 Å². The van der Waals surface area contributed by atoms with E-state index >= 15 is 0 Å². The number of nitrogens with one attached hydrogen (secondary N) is 1. The predicted molar refractivity (Wildman–Crippen MR) is 143 cm³/mol. The topological polar surface area (TPSA) is 94.2 Å². The molecule has 0 aliphatic carbocycles. The molecule has 2 amide bonds. The molecule has 1 fully saturated rings. The minimum absolute atomic E-state index is 0.134. The second kappa shape index (κ2) is 11.2. The van der Waals surface area contributed by atoms with Crippen molar-refractivity contribution in [3.05, 3.63) is 59.7 Å². The van der Waals surface area contributed by atoms with E-state index in [9.17, 15) is 14.4 Å². The van der Waals surface area contributed by atoms with E-state index in [1.807, 2.05) is 39.0 Å². The van der Waals surface area contributed by atoms with E-state index in [0.29, 0.717) is 6.42 Å². The lowest BCUT2D eigenvalue weighted by molar-refractivity contribution is -0.152. The van der Waals surface area contributed by atoms with Crippen LogP contribution in [0.5, 0.6) is 0 Å². The minimum atomic E-state index is -0.934. The van der Waals surface area contributed by atoms with Gasteiger partial charge in [-0.2, -0.15) is 0 Å². The Labute approximate surface area is 224 Å². The molecule has 0 spiro atoms. The molecule has 0 aromatic heterocycles. The summed E-state index contributed by atoms with van der Waals surface area (Å²) in [5.41, 5.74) is 2.61. The van der Waals surface area contributed by atoms with E-state index in [0.717, 1.165) is 29.5 Å². The van der Waals surface area contributed by atoms with E-state index in [2.05, 4.69) is 35.6 Å². The fraction of sp³-hybridized carbons (Fsp3) is 0.500. The number of rotatable bonds is 2. The molecule has 204 valence electrons. The molecule has 0 saturated carbocycles. The maximum Gasteiger partial charge on any atom is 0.407 e. The van der Waals surface area contributed by atoms with Crippen molar-refractivity contribution < 1.29 is 28.6 Å². The number of carbonyl (C=O) groups excluding carboxylic acids is 3. The maximum atomic E-state index is 14.0. The van der Waals surface area contributed by atoms with Crippen LogP contribution in [-0.4, -0.2) is 62.3 Å². The molecular weight excluding hydrogens is 484 g/mol. The summed E-state index contributed by atoms with van der Waals surface area (Å²) < 4.78 is 16.6. The molecule has 2 aromatic rings. The third kappa shape index (κ3) is 5.70. The van der Waals surface area contributed by atoms with Crippen LogP contribution in [0.1, 0.15) is 51.2 Å². The molecule has 6 bridgehead atoms. The van der Waals surface area contributed by atoms with Crippen LogP contribution in [0.15, 0.2) is 48.5 Å². The Morgan fingerprint density at radius 3 is 2.45 bits per heavy atom. The Morgan fingerprint density at radius 2 is 1.76 bits per heavy atom. The number of carbonyl (C=O) groups is 3. The number of cyclic esters (lactones) is 1. The first-order valence-electron chi connectivity index (χ1n) is 13.1. The molecule has 4 rings (SSSR count). The van der Waals surface area contributed by atoms with Crippen molar-refractivity contribution in [3.63, 3.8) is 0 Å². The van der Waals surface area contributed by atoms with Crippen LogP contribution in [0.2, 0.25) is 0 Å². The van der Waals surface area contributed by atoms with Crippen molar-refractivity contribution in [1.29, 1.82) is 0 Å². The average Bonchev–Trinajstić information content (AvgIpc) is 3.31. The molecule has 1 saturated heterocycles. The van der Waals surface area contributed by atoms with Crippen LogP contribution < -0.4 is 5.32 Å². The second-order valence-electron chi connectivity index (χ2n) is 11.2. The highest BCUT2D eigenvalue weighted by Crippen LogP contribution is 2.41. The first-order chi connectivity index (χ1) is 18.1. The number of hydrogen-bond acceptors (Lipinski definition) is 6. The largest absolute Gasteiger partial charge is 0.467 e. The van der Waals surface area contributed by atoms with E-state index in [4.69, 9.17) is 14.2 Å². The monoisotopic (exact) mass is 522 g/mol. The highest BCUT2D eigenvalue weighted by Gasteiger charge is 2.53. The summed E-state index contributed by atoms with van der Waals surface area (Å²) in [6, 6.07) is 14.7. The van der Waals surface area contributed by atoms with Crippen LogP contribution in [0.25, 0.3) is 11.1 Å². The Morgan fingerprint density at radius 1 is 1.05 bits per heavy atom. The summed E-state index contributed by atoms with van der Waals surface area (Å²) in [4.78, 5) is 41.2. The molecule has 0 unspecified atom stereocenters. The van der Waals surface area contributed by atoms with E-state index < -0.39 is 35.2 Å². The summed E-state index contributed by atoms with van der Waals surface area (Å²) in [7, 11) is 2.90. The maximum absolute atomic E-state index is 14.0. The van der Waals surface area contributed by atoms with Gasteiger partial charge in [-0.25, -0.2) is 9.59 Å². The summed E-state index contributed by atoms with van der Waals surface area (Å²) in [5, 5.41) is 2.77. The van der Waals surface area contributed by atoms with E-state index in [1.165, 1.54) is 17.6 Å². The zero-order valence-electron chi connectivity index (χ0n) is 22.9. The molecule has 3 atom stereocenters. The first kappa shape index (κ1) is 27.6. The molecular formula is C30H38N2O6. The van der Waals surface area contributed by atoms with Gasteiger partial charge in [0.05, 0.1) is 20.3 Å². The van der Waals surface area contributed by atoms with E-state index in [-0.39, 0.29) is 25.5 Å². The van der Waals surface area contributed by atoms with Gasteiger partial charge in [0.1, 0.15) is 17.7 Å². The Kier molecular flexibility index (Phi) is 8.11. The van der Waals surface area contributed by atoms with Crippen LogP contribution in [0.4, 0.5) is 4.79 Å². The smallest absolute Gasteiger partial charge is 0.407 e. The van der Waals surface area contributed by atoms with Gasteiger partial charge in [0.2, 0.25) is 5.91 Å². The summed E-state index contributed by atoms with van der Waals surface area (Å²) >= 11 is 0. The molecule has 2 aliphatic heterocycles. The van der Waals surface area contributed by atoms with Crippen molar-refractivity contribution in [2.24, 2.45) is 5.41 Å². The Bertz CT molecular complexity index is 1190. The molecule has 2 heterocycles. The van der Waals surface area contributed by atoms with Crippen molar-refractivity contribution in [1.82, 2.24) is 10.2 Å². The summed E-state index contributed by atoms with van der Waals surface area (Å²) in [6.07, 6.45) is 2.00.